The molecule has 0 saturated heterocycles. The summed E-state index contributed by atoms with van der Waals surface area (Å²) in [6.07, 6.45) is 1.40. The van der Waals surface area contributed by atoms with E-state index in [4.69, 9.17) is 11.6 Å². The van der Waals surface area contributed by atoms with Gasteiger partial charge in [-0.2, -0.15) is 0 Å². The molecule has 0 aliphatic heterocycles. The van der Waals surface area contributed by atoms with Gasteiger partial charge in [0.1, 0.15) is 11.2 Å². The van der Waals surface area contributed by atoms with Crippen molar-refractivity contribution in [3.8, 4) is 0 Å². The quantitative estimate of drug-likeness (QED) is 0.576. The molecule has 1 N–H and O–H groups in total. The first-order chi connectivity index (χ1) is 12.5. The summed E-state index contributed by atoms with van der Waals surface area (Å²) in [6.45, 7) is 1.81. The number of nitrogens with one attached hydrogen (secondary N) is 1. The van der Waals surface area contributed by atoms with Crippen LogP contribution in [0.5, 0.6) is 0 Å². The third kappa shape index (κ3) is 2.87. The lowest BCUT2D eigenvalue weighted by Gasteiger charge is -2.09. The van der Waals surface area contributed by atoms with Crippen molar-refractivity contribution in [1.29, 1.82) is 0 Å². The monoisotopic (exact) mass is 383 g/mol. The van der Waals surface area contributed by atoms with Gasteiger partial charge in [-0.25, -0.2) is 4.98 Å². The third-order valence-electron chi connectivity index (χ3n) is 4.15. The second kappa shape index (κ2) is 6.55. The van der Waals surface area contributed by atoms with Crippen molar-refractivity contribution in [2.75, 3.05) is 5.32 Å². The van der Waals surface area contributed by atoms with Crippen LogP contribution in [0.2, 0.25) is 5.02 Å². The Morgan fingerprint density at radius 2 is 2.04 bits per heavy atom. The number of anilines is 1. The van der Waals surface area contributed by atoms with Crippen LogP contribution < -0.4 is 10.9 Å². The second-order valence-corrected chi connectivity index (χ2v) is 7.39. The fourth-order valence-electron chi connectivity index (χ4n) is 2.84. The van der Waals surface area contributed by atoms with Gasteiger partial charge in [-0.15, -0.1) is 11.3 Å². The van der Waals surface area contributed by atoms with Crippen LogP contribution in [0.15, 0.2) is 53.6 Å². The minimum atomic E-state index is -0.276. The molecule has 0 aliphatic rings. The molecule has 2 heterocycles. The number of carbonyl (C=O) groups excluding carboxylic acids is 1. The van der Waals surface area contributed by atoms with Crippen LogP contribution >= 0.6 is 22.9 Å². The van der Waals surface area contributed by atoms with Gasteiger partial charge in [0.2, 0.25) is 5.91 Å². The van der Waals surface area contributed by atoms with Gasteiger partial charge in [0, 0.05) is 15.8 Å². The molecule has 26 heavy (non-hydrogen) atoms. The molecular formula is C19H14ClN3O2S. The summed E-state index contributed by atoms with van der Waals surface area (Å²) in [4.78, 5) is 29.5. The number of benzene rings is 2. The Bertz CT molecular complexity index is 1210. The van der Waals surface area contributed by atoms with Gasteiger partial charge >= 0.3 is 0 Å². The highest BCUT2D eigenvalue weighted by atomic mass is 35.5. The highest BCUT2D eigenvalue weighted by molar-refractivity contribution is 7.25. The molecule has 5 nitrogen and oxygen atoms in total. The number of hydrogen-bond donors (Lipinski definition) is 1. The molecule has 0 aliphatic carbocycles. The molecule has 0 saturated carbocycles. The first-order valence-corrected chi connectivity index (χ1v) is 9.15. The molecule has 2 aromatic carbocycles. The van der Waals surface area contributed by atoms with Gasteiger partial charge in [-0.05, 0) is 30.7 Å². The highest BCUT2D eigenvalue weighted by Crippen LogP contribution is 2.34. The molecule has 4 rings (SSSR count). The normalized spacial score (nSPS) is 11.2. The Labute approximate surface area is 157 Å². The van der Waals surface area contributed by atoms with E-state index in [1.165, 1.54) is 22.2 Å². The Morgan fingerprint density at radius 3 is 2.85 bits per heavy atom. The smallest absolute Gasteiger partial charge is 0.271 e. The summed E-state index contributed by atoms with van der Waals surface area (Å²) in [7, 11) is 0. The molecule has 0 spiro atoms. The number of para-hydroxylation sites is 1. The molecule has 0 unspecified atom stereocenters. The van der Waals surface area contributed by atoms with Gasteiger partial charge in [-0.3, -0.25) is 14.2 Å². The lowest BCUT2D eigenvalue weighted by Crippen LogP contribution is -2.27. The van der Waals surface area contributed by atoms with Crippen LogP contribution in [0.4, 0.5) is 5.69 Å². The summed E-state index contributed by atoms with van der Waals surface area (Å²) < 4.78 is 2.72. The maximum absolute atomic E-state index is 12.8. The van der Waals surface area contributed by atoms with Crippen molar-refractivity contribution in [3.05, 3.63) is 69.7 Å². The minimum Gasteiger partial charge on any atom is -0.324 e. The number of aryl methyl sites for hydroxylation is 1. The first kappa shape index (κ1) is 16.8. The van der Waals surface area contributed by atoms with Crippen molar-refractivity contribution < 1.29 is 4.79 Å². The molecular weight excluding hydrogens is 370 g/mol. The van der Waals surface area contributed by atoms with Gasteiger partial charge in [0.15, 0.2) is 0 Å². The Hall–Kier alpha value is -2.70. The number of thiophene rings is 1. The topological polar surface area (TPSA) is 64.0 Å². The van der Waals surface area contributed by atoms with Gasteiger partial charge < -0.3 is 5.32 Å². The molecule has 130 valence electrons. The van der Waals surface area contributed by atoms with Crippen molar-refractivity contribution in [2.24, 2.45) is 0 Å². The number of hydrogen-bond acceptors (Lipinski definition) is 4. The fourth-order valence-corrected chi connectivity index (χ4v) is 4.29. The summed E-state index contributed by atoms with van der Waals surface area (Å²) in [5.41, 5.74) is 2.03. The summed E-state index contributed by atoms with van der Waals surface area (Å²) in [6, 6.07) is 13.0. The highest BCUT2D eigenvalue weighted by Gasteiger charge is 2.15. The number of carbonyl (C=O) groups is 1. The zero-order valence-corrected chi connectivity index (χ0v) is 15.4. The van der Waals surface area contributed by atoms with Crippen LogP contribution in [-0.2, 0) is 11.3 Å². The van der Waals surface area contributed by atoms with E-state index in [-0.39, 0.29) is 18.0 Å². The summed E-state index contributed by atoms with van der Waals surface area (Å²) >= 11 is 7.59. The average molecular weight is 384 g/mol. The SMILES string of the molecule is Cc1ccccc1NC(=O)Cn1cnc2c(sc3cccc(Cl)c32)c1=O. The maximum atomic E-state index is 12.8. The Morgan fingerprint density at radius 1 is 1.23 bits per heavy atom. The molecule has 7 heteroatoms. The minimum absolute atomic E-state index is 0.0991. The second-order valence-electron chi connectivity index (χ2n) is 5.93. The molecule has 2 aromatic heterocycles. The zero-order valence-electron chi connectivity index (χ0n) is 13.8. The van der Waals surface area contributed by atoms with E-state index in [2.05, 4.69) is 10.3 Å². The number of fused-ring (bicyclic) bond motifs is 3. The number of halogens is 1. The molecule has 0 atom stereocenters. The van der Waals surface area contributed by atoms with Gasteiger partial charge in [-0.1, -0.05) is 35.9 Å². The van der Waals surface area contributed by atoms with Crippen molar-refractivity contribution in [1.82, 2.24) is 9.55 Å². The standard InChI is InChI=1S/C19H14ClN3O2S/c1-11-5-2-3-7-13(11)22-15(24)9-23-10-21-17-16-12(20)6-4-8-14(16)26-18(17)19(23)25/h2-8,10H,9H2,1H3,(H,22,24). The number of nitrogens with zero attached hydrogens (tertiary/aromatic N) is 2. The predicted octanol–water partition coefficient (Wildman–Crippen LogP) is 4.21. The van der Waals surface area contributed by atoms with E-state index in [0.717, 1.165) is 21.3 Å². The van der Waals surface area contributed by atoms with E-state index in [0.29, 0.717) is 15.2 Å². The number of aromatic nitrogens is 2. The summed E-state index contributed by atoms with van der Waals surface area (Å²) in [5, 5.41) is 4.17. The Balaban J connectivity index is 1.69. The lowest BCUT2D eigenvalue weighted by molar-refractivity contribution is -0.116. The largest absolute Gasteiger partial charge is 0.324 e. The molecule has 0 radical (unpaired) electrons. The third-order valence-corrected chi connectivity index (χ3v) is 5.60. The molecule has 0 bridgehead atoms. The van der Waals surface area contributed by atoms with Crippen molar-refractivity contribution >= 4 is 54.8 Å². The van der Waals surface area contributed by atoms with Gasteiger partial charge in [0.05, 0.1) is 16.9 Å². The first-order valence-electron chi connectivity index (χ1n) is 7.96. The Kier molecular flexibility index (Phi) is 4.22. The van der Waals surface area contributed by atoms with Crippen molar-refractivity contribution in [3.63, 3.8) is 0 Å². The number of amides is 1. The van der Waals surface area contributed by atoms with E-state index in [1.807, 2.05) is 43.3 Å². The zero-order chi connectivity index (χ0) is 18.3. The predicted molar refractivity (Wildman–Crippen MR) is 106 cm³/mol. The molecule has 0 fully saturated rings. The van der Waals surface area contributed by atoms with Crippen molar-refractivity contribution in [2.45, 2.75) is 13.5 Å². The van der Waals surface area contributed by atoms with E-state index in [9.17, 15) is 9.59 Å². The molecule has 4 aromatic rings. The van der Waals surface area contributed by atoms with E-state index >= 15 is 0 Å². The average Bonchev–Trinajstić information content (AvgIpc) is 3.00. The van der Waals surface area contributed by atoms with E-state index in [1.54, 1.807) is 6.07 Å². The van der Waals surface area contributed by atoms with Crippen LogP contribution in [0.3, 0.4) is 0 Å². The van der Waals surface area contributed by atoms with Gasteiger partial charge in [0.25, 0.3) is 5.56 Å². The lowest BCUT2D eigenvalue weighted by atomic mass is 10.2. The van der Waals surface area contributed by atoms with Crippen LogP contribution in [0.1, 0.15) is 5.56 Å². The summed E-state index contributed by atoms with van der Waals surface area (Å²) in [5.74, 6) is -0.276. The van der Waals surface area contributed by atoms with Crippen LogP contribution in [-0.4, -0.2) is 15.5 Å². The molecule has 1 amide bonds. The van der Waals surface area contributed by atoms with Crippen LogP contribution in [0.25, 0.3) is 20.3 Å². The maximum Gasteiger partial charge on any atom is 0.271 e. The van der Waals surface area contributed by atoms with E-state index < -0.39 is 0 Å². The fraction of sp³-hybridized carbons (Fsp3) is 0.105. The van der Waals surface area contributed by atoms with Crippen LogP contribution in [0, 0.1) is 6.92 Å². The number of rotatable bonds is 3.